The third-order valence-electron chi connectivity index (χ3n) is 4.00. The van der Waals surface area contributed by atoms with Crippen LogP contribution in [0.5, 0.6) is 0 Å². The second-order valence-corrected chi connectivity index (χ2v) is 5.73. The number of hydrogen-bond acceptors (Lipinski definition) is 6. The third kappa shape index (κ3) is 2.55. The molecule has 0 bridgehead atoms. The van der Waals surface area contributed by atoms with E-state index in [1.807, 2.05) is 0 Å². The van der Waals surface area contributed by atoms with Gasteiger partial charge in [0.05, 0.1) is 17.7 Å². The molecule has 0 aromatic heterocycles. The molecule has 3 rings (SSSR count). The maximum Gasteiger partial charge on any atom is 0.264 e. The zero-order chi connectivity index (χ0) is 17.4. The zero-order valence-electron chi connectivity index (χ0n) is 12.9. The van der Waals surface area contributed by atoms with Crippen LogP contribution in [-0.2, 0) is 14.4 Å². The molecule has 2 N–H and O–H groups in total. The second-order valence-electron chi connectivity index (χ2n) is 5.73. The van der Waals surface area contributed by atoms with Gasteiger partial charge in [0.25, 0.3) is 11.8 Å². The fourth-order valence-electron chi connectivity index (χ4n) is 2.88. The van der Waals surface area contributed by atoms with Gasteiger partial charge in [-0.1, -0.05) is 6.07 Å². The minimum atomic E-state index is -1.00. The Morgan fingerprint density at radius 2 is 2.00 bits per heavy atom. The molecule has 0 radical (unpaired) electrons. The maximum atomic E-state index is 12.7. The minimum Gasteiger partial charge on any atom is -0.377 e. The van der Waals surface area contributed by atoms with Crippen LogP contribution in [0.25, 0.3) is 0 Å². The van der Waals surface area contributed by atoms with E-state index in [4.69, 9.17) is 0 Å². The molecular weight excluding hydrogens is 314 g/mol. The summed E-state index contributed by atoms with van der Waals surface area (Å²) in [6.07, 6.45) is 0.172. The van der Waals surface area contributed by atoms with Crippen LogP contribution in [-0.4, -0.2) is 46.9 Å². The summed E-state index contributed by atoms with van der Waals surface area (Å²) in [5.74, 6) is -2.37. The van der Waals surface area contributed by atoms with E-state index in [0.717, 1.165) is 4.90 Å². The smallest absolute Gasteiger partial charge is 0.264 e. The number of nitrogens with one attached hydrogen (secondary N) is 2. The summed E-state index contributed by atoms with van der Waals surface area (Å²) < 4.78 is 0. The lowest BCUT2D eigenvalue weighted by Crippen LogP contribution is -2.54. The van der Waals surface area contributed by atoms with E-state index < -0.39 is 29.7 Å². The van der Waals surface area contributed by atoms with Crippen molar-refractivity contribution < 1.29 is 24.0 Å². The van der Waals surface area contributed by atoms with Crippen molar-refractivity contribution in [3.8, 4) is 0 Å². The number of piperidine rings is 1. The van der Waals surface area contributed by atoms with E-state index in [1.165, 1.54) is 13.0 Å². The second kappa shape index (κ2) is 5.88. The lowest BCUT2D eigenvalue weighted by atomic mass is 10.0. The molecule has 124 valence electrons. The van der Waals surface area contributed by atoms with Crippen molar-refractivity contribution in [3.63, 3.8) is 0 Å². The highest BCUT2D eigenvalue weighted by Crippen LogP contribution is 2.32. The Balaban J connectivity index is 1.94. The number of ketones is 1. The van der Waals surface area contributed by atoms with Crippen molar-refractivity contribution in [3.05, 3.63) is 29.3 Å². The zero-order valence-corrected chi connectivity index (χ0v) is 12.9. The molecule has 2 aliphatic heterocycles. The first-order chi connectivity index (χ1) is 11.4. The molecule has 0 saturated carbocycles. The molecule has 4 amide bonds. The van der Waals surface area contributed by atoms with Gasteiger partial charge in [-0.15, -0.1) is 0 Å². The summed E-state index contributed by atoms with van der Waals surface area (Å²) in [4.78, 5) is 60.6. The van der Waals surface area contributed by atoms with Crippen molar-refractivity contribution in [2.75, 3.05) is 11.9 Å². The van der Waals surface area contributed by atoms with Crippen molar-refractivity contribution in [1.82, 2.24) is 10.2 Å². The summed E-state index contributed by atoms with van der Waals surface area (Å²) in [7, 11) is 0. The van der Waals surface area contributed by atoms with E-state index in [9.17, 15) is 24.0 Å². The van der Waals surface area contributed by atoms with Crippen molar-refractivity contribution >= 4 is 35.1 Å². The minimum absolute atomic E-state index is 0.0241. The first-order valence-electron chi connectivity index (χ1n) is 7.48. The maximum absolute atomic E-state index is 12.7. The van der Waals surface area contributed by atoms with Crippen LogP contribution >= 0.6 is 0 Å². The van der Waals surface area contributed by atoms with Gasteiger partial charge in [-0.2, -0.15) is 0 Å². The molecule has 1 aromatic carbocycles. The summed E-state index contributed by atoms with van der Waals surface area (Å²) in [6, 6.07) is 3.69. The van der Waals surface area contributed by atoms with E-state index >= 15 is 0 Å². The van der Waals surface area contributed by atoms with Gasteiger partial charge in [-0.25, -0.2) is 0 Å². The molecule has 8 nitrogen and oxygen atoms in total. The normalized spacial score (nSPS) is 20.0. The summed E-state index contributed by atoms with van der Waals surface area (Å²) in [6.45, 7) is 1.43. The Labute approximate surface area is 137 Å². The highest BCUT2D eigenvalue weighted by Gasteiger charge is 2.45. The molecular formula is C16H15N3O5. The third-order valence-corrected chi connectivity index (χ3v) is 4.00. The van der Waals surface area contributed by atoms with Gasteiger partial charge in [0.1, 0.15) is 11.8 Å². The predicted molar refractivity (Wildman–Crippen MR) is 82.3 cm³/mol. The van der Waals surface area contributed by atoms with Gasteiger partial charge in [0, 0.05) is 12.1 Å². The number of amides is 4. The lowest BCUT2D eigenvalue weighted by molar-refractivity contribution is -0.136. The molecule has 0 aliphatic carbocycles. The SMILES string of the molecule is CC(=O)CNc1cccc2c1C(=O)N(C1CCC(=O)NC1=O)C2=O. The average Bonchev–Trinajstić information content (AvgIpc) is 2.78. The molecule has 0 spiro atoms. The number of hydrogen-bond donors (Lipinski definition) is 2. The number of imide groups is 2. The number of fused-ring (bicyclic) bond motifs is 1. The highest BCUT2D eigenvalue weighted by atomic mass is 16.2. The van der Waals surface area contributed by atoms with E-state index in [2.05, 4.69) is 10.6 Å². The first kappa shape index (κ1) is 15.9. The van der Waals surface area contributed by atoms with Gasteiger partial charge in [-0.3, -0.25) is 34.2 Å². The van der Waals surface area contributed by atoms with E-state index in [-0.39, 0.29) is 36.3 Å². The molecule has 1 aromatic rings. The van der Waals surface area contributed by atoms with Crippen molar-refractivity contribution in [1.29, 1.82) is 0 Å². The number of benzene rings is 1. The fraction of sp³-hybridized carbons (Fsp3) is 0.312. The van der Waals surface area contributed by atoms with Crippen LogP contribution in [0.15, 0.2) is 18.2 Å². The molecule has 1 fully saturated rings. The van der Waals surface area contributed by atoms with E-state index in [0.29, 0.717) is 5.69 Å². The molecule has 2 aliphatic rings. The number of rotatable bonds is 4. The first-order valence-corrected chi connectivity index (χ1v) is 7.48. The fourth-order valence-corrected chi connectivity index (χ4v) is 2.88. The van der Waals surface area contributed by atoms with Crippen LogP contribution in [0.1, 0.15) is 40.5 Å². The van der Waals surface area contributed by atoms with E-state index in [1.54, 1.807) is 12.1 Å². The molecule has 1 atom stereocenters. The molecule has 1 unspecified atom stereocenters. The summed E-state index contributed by atoms with van der Waals surface area (Å²) in [5, 5.41) is 4.98. The Kier molecular flexibility index (Phi) is 3.88. The topological polar surface area (TPSA) is 113 Å². The average molecular weight is 329 g/mol. The van der Waals surface area contributed by atoms with Gasteiger partial charge in [-0.05, 0) is 25.5 Å². The Morgan fingerprint density at radius 3 is 2.67 bits per heavy atom. The Morgan fingerprint density at radius 1 is 1.25 bits per heavy atom. The highest BCUT2D eigenvalue weighted by molar-refractivity contribution is 6.25. The van der Waals surface area contributed by atoms with Gasteiger partial charge in [0.2, 0.25) is 11.8 Å². The van der Waals surface area contributed by atoms with Crippen LogP contribution in [0.2, 0.25) is 0 Å². The quantitative estimate of drug-likeness (QED) is 0.757. The number of nitrogens with zero attached hydrogens (tertiary/aromatic N) is 1. The van der Waals surface area contributed by atoms with Gasteiger partial charge in [0.15, 0.2) is 0 Å². The largest absolute Gasteiger partial charge is 0.377 e. The molecule has 2 heterocycles. The Bertz CT molecular complexity index is 786. The molecule has 24 heavy (non-hydrogen) atoms. The predicted octanol–water partition coefficient (Wildman–Crippen LogP) is 0.0887. The number of Topliss-reactive ketones (excluding diaryl/α,β-unsaturated/α-hetero) is 1. The number of carbonyl (C=O) groups is 5. The van der Waals surface area contributed by atoms with Crippen molar-refractivity contribution in [2.45, 2.75) is 25.8 Å². The summed E-state index contributed by atoms with van der Waals surface area (Å²) in [5.41, 5.74) is 0.697. The van der Waals surface area contributed by atoms with Crippen LogP contribution in [0.3, 0.4) is 0 Å². The Hall–Kier alpha value is -3.03. The number of anilines is 1. The lowest BCUT2D eigenvalue weighted by Gasteiger charge is -2.27. The number of carbonyl (C=O) groups excluding carboxylic acids is 5. The van der Waals surface area contributed by atoms with Crippen LogP contribution < -0.4 is 10.6 Å². The van der Waals surface area contributed by atoms with Gasteiger partial charge < -0.3 is 5.32 Å². The standard InChI is InChI=1S/C16H15N3O5/c1-8(20)7-17-10-4-2-3-9-13(10)16(24)19(15(9)23)11-5-6-12(21)18-14(11)22/h2-4,11,17H,5-7H2,1H3,(H,18,21,22). The summed E-state index contributed by atoms with van der Waals surface area (Å²) >= 11 is 0. The van der Waals surface area contributed by atoms with Crippen molar-refractivity contribution in [2.24, 2.45) is 0 Å². The van der Waals surface area contributed by atoms with Gasteiger partial charge >= 0.3 is 0 Å². The monoisotopic (exact) mass is 329 g/mol. The van der Waals surface area contributed by atoms with Crippen LogP contribution in [0, 0.1) is 0 Å². The molecule has 1 saturated heterocycles. The molecule has 8 heteroatoms. The van der Waals surface area contributed by atoms with Crippen LogP contribution in [0.4, 0.5) is 5.69 Å².